The first-order valence-corrected chi connectivity index (χ1v) is 12.1. The number of amides is 2. The van der Waals surface area contributed by atoms with Crippen molar-refractivity contribution in [3.63, 3.8) is 0 Å². The van der Waals surface area contributed by atoms with Crippen molar-refractivity contribution in [2.45, 2.75) is 71.9 Å². The van der Waals surface area contributed by atoms with Gasteiger partial charge in [-0.15, -0.1) is 0 Å². The van der Waals surface area contributed by atoms with Gasteiger partial charge < -0.3 is 10.2 Å². The molecular weight excluding hydrogens is 443 g/mol. The van der Waals surface area contributed by atoms with Crippen molar-refractivity contribution in [3.8, 4) is 0 Å². The average molecular weight is 477 g/mol. The summed E-state index contributed by atoms with van der Waals surface area (Å²) in [6.45, 7) is 8.91. The largest absolute Gasteiger partial charge is 0.354 e. The number of rotatable bonds is 11. The van der Waals surface area contributed by atoms with Crippen molar-refractivity contribution < 1.29 is 9.59 Å². The summed E-state index contributed by atoms with van der Waals surface area (Å²) < 4.78 is 0. The zero-order valence-electron chi connectivity index (χ0n) is 19.5. The molecule has 0 bridgehead atoms. The molecule has 4 nitrogen and oxygen atoms in total. The van der Waals surface area contributed by atoms with Gasteiger partial charge >= 0.3 is 0 Å². The van der Waals surface area contributed by atoms with Crippen LogP contribution in [0.1, 0.15) is 69.6 Å². The van der Waals surface area contributed by atoms with Crippen LogP contribution in [0.2, 0.25) is 10.0 Å². The standard InChI is InChI=1S/C26H34Cl2N2O2/c1-5-6-16-29-26(32)19(4)30(17-22-23(27)8-7-9-24(22)28)25(31)15-12-20-10-13-21(14-11-20)18(2)3/h7-11,13-14,18-19H,5-6,12,15-17H2,1-4H3,(H,29,32). The molecule has 0 heterocycles. The number of hydrogen-bond acceptors (Lipinski definition) is 2. The number of nitrogens with zero attached hydrogens (tertiary/aromatic N) is 1. The van der Waals surface area contributed by atoms with Crippen molar-refractivity contribution in [2.24, 2.45) is 0 Å². The molecule has 1 unspecified atom stereocenters. The van der Waals surface area contributed by atoms with Crippen LogP contribution < -0.4 is 5.32 Å². The molecule has 1 N–H and O–H groups in total. The molecule has 0 saturated carbocycles. The van der Waals surface area contributed by atoms with Gasteiger partial charge in [0.05, 0.1) is 0 Å². The Morgan fingerprint density at radius 1 is 1.00 bits per heavy atom. The van der Waals surface area contributed by atoms with Crippen LogP contribution in [-0.2, 0) is 22.6 Å². The number of halogens is 2. The van der Waals surface area contributed by atoms with Crippen LogP contribution in [0.25, 0.3) is 0 Å². The van der Waals surface area contributed by atoms with Crippen molar-refractivity contribution in [1.29, 1.82) is 0 Å². The highest BCUT2D eigenvalue weighted by Gasteiger charge is 2.27. The second kappa shape index (κ2) is 12.9. The van der Waals surface area contributed by atoms with Gasteiger partial charge in [-0.05, 0) is 48.9 Å². The maximum absolute atomic E-state index is 13.3. The lowest BCUT2D eigenvalue weighted by Crippen LogP contribution is -2.48. The zero-order chi connectivity index (χ0) is 23.7. The Hall–Kier alpha value is -2.04. The summed E-state index contributed by atoms with van der Waals surface area (Å²) in [7, 11) is 0. The van der Waals surface area contributed by atoms with Crippen LogP contribution in [-0.4, -0.2) is 29.3 Å². The van der Waals surface area contributed by atoms with Gasteiger partial charge in [-0.25, -0.2) is 0 Å². The van der Waals surface area contributed by atoms with E-state index in [0.717, 1.165) is 18.4 Å². The van der Waals surface area contributed by atoms with Gasteiger partial charge in [0.2, 0.25) is 11.8 Å². The van der Waals surface area contributed by atoms with E-state index in [1.54, 1.807) is 30.0 Å². The number of carbonyl (C=O) groups is 2. The highest BCUT2D eigenvalue weighted by atomic mass is 35.5. The lowest BCUT2D eigenvalue weighted by Gasteiger charge is -2.29. The van der Waals surface area contributed by atoms with E-state index >= 15 is 0 Å². The molecule has 0 aliphatic rings. The Kier molecular flexibility index (Phi) is 10.5. The molecule has 2 rings (SSSR count). The summed E-state index contributed by atoms with van der Waals surface area (Å²) >= 11 is 12.7. The predicted molar refractivity (Wildman–Crippen MR) is 133 cm³/mol. The van der Waals surface area contributed by atoms with E-state index in [4.69, 9.17) is 23.2 Å². The Morgan fingerprint density at radius 2 is 1.62 bits per heavy atom. The van der Waals surface area contributed by atoms with E-state index in [1.165, 1.54) is 5.56 Å². The number of benzene rings is 2. The summed E-state index contributed by atoms with van der Waals surface area (Å²) in [5.41, 5.74) is 3.02. The minimum Gasteiger partial charge on any atom is -0.354 e. The smallest absolute Gasteiger partial charge is 0.242 e. The van der Waals surface area contributed by atoms with Gasteiger partial charge in [0.15, 0.2) is 0 Å². The van der Waals surface area contributed by atoms with Gasteiger partial charge in [0, 0.05) is 35.1 Å². The Labute approximate surface area is 202 Å². The first-order valence-electron chi connectivity index (χ1n) is 11.3. The molecule has 2 amide bonds. The Balaban J connectivity index is 2.16. The minimum absolute atomic E-state index is 0.105. The van der Waals surface area contributed by atoms with E-state index in [-0.39, 0.29) is 18.4 Å². The summed E-state index contributed by atoms with van der Waals surface area (Å²) in [6, 6.07) is 13.0. The molecule has 6 heteroatoms. The van der Waals surface area contributed by atoms with Crippen LogP contribution in [0.4, 0.5) is 0 Å². The van der Waals surface area contributed by atoms with E-state index in [1.807, 2.05) is 0 Å². The lowest BCUT2D eigenvalue weighted by atomic mass is 10.00. The van der Waals surface area contributed by atoms with Crippen LogP contribution in [0.3, 0.4) is 0 Å². The number of hydrogen-bond donors (Lipinski definition) is 1. The lowest BCUT2D eigenvalue weighted by molar-refractivity contribution is -0.140. The molecule has 174 valence electrons. The molecule has 0 spiro atoms. The van der Waals surface area contributed by atoms with Crippen LogP contribution in [0, 0.1) is 0 Å². The second-order valence-corrected chi connectivity index (χ2v) is 9.25. The Morgan fingerprint density at radius 3 is 2.19 bits per heavy atom. The maximum Gasteiger partial charge on any atom is 0.242 e. The average Bonchev–Trinajstić information content (AvgIpc) is 2.77. The molecule has 0 aromatic heterocycles. The van der Waals surface area contributed by atoms with E-state index in [2.05, 4.69) is 50.4 Å². The molecule has 0 radical (unpaired) electrons. The van der Waals surface area contributed by atoms with Crippen molar-refractivity contribution >= 4 is 35.0 Å². The molecule has 0 aliphatic carbocycles. The summed E-state index contributed by atoms with van der Waals surface area (Å²) in [5, 5.41) is 3.89. The first kappa shape index (κ1) is 26.2. The molecular formula is C26H34Cl2N2O2. The van der Waals surface area contributed by atoms with E-state index < -0.39 is 6.04 Å². The molecule has 0 saturated heterocycles. The van der Waals surface area contributed by atoms with Crippen molar-refractivity contribution in [2.75, 3.05) is 6.54 Å². The summed E-state index contributed by atoms with van der Waals surface area (Å²) in [4.78, 5) is 27.6. The molecule has 0 fully saturated rings. The van der Waals surface area contributed by atoms with Crippen LogP contribution in [0.5, 0.6) is 0 Å². The topological polar surface area (TPSA) is 49.4 Å². The monoisotopic (exact) mass is 476 g/mol. The third-order valence-electron chi connectivity index (χ3n) is 5.66. The third kappa shape index (κ3) is 7.53. The SMILES string of the molecule is CCCCNC(=O)C(C)N(Cc1c(Cl)cccc1Cl)C(=O)CCc1ccc(C(C)C)cc1. The van der Waals surface area contributed by atoms with E-state index in [9.17, 15) is 9.59 Å². The van der Waals surface area contributed by atoms with Crippen LogP contribution in [0.15, 0.2) is 42.5 Å². The molecule has 2 aromatic carbocycles. The van der Waals surface area contributed by atoms with Crippen molar-refractivity contribution in [3.05, 3.63) is 69.2 Å². The highest BCUT2D eigenvalue weighted by Crippen LogP contribution is 2.27. The zero-order valence-corrected chi connectivity index (χ0v) is 21.0. The quantitative estimate of drug-likeness (QED) is 0.382. The molecule has 1 atom stereocenters. The molecule has 0 aliphatic heterocycles. The third-order valence-corrected chi connectivity index (χ3v) is 6.37. The Bertz CT molecular complexity index is 877. The normalized spacial score (nSPS) is 12.0. The fourth-order valence-electron chi connectivity index (χ4n) is 3.44. The fourth-order valence-corrected chi connectivity index (χ4v) is 3.95. The minimum atomic E-state index is -0.630. The van der Waals surface area contributed by atoms with Gasteiger partial charge in [0.25, 0.3) is 0 Å². The fraction of sp³-hybridized carbons (Fsp3) is 0.462. The first-order chi connectivity index (χ1) is 15.2. The number of carbonyl (C=O) groups excluding carboxylic acids is 2. The summed E-state index contributed by atoms with van der Waals surface area (Å²) in [6.07, 6.45) is 2.79. The number of nitrogens with one attached hydrogen (secondary N) is 1. The predicted octanol–water partition coefficient (Wildman–Crippen LogP) is 6.38. The number of aryl methyl sites for hydroxylation is 1. The molecule has 32 heavy (non-hydrogen) atoms. The second-order valence-electron chi connectivity index (χ2n) is 8.44. The number of unbranched alkanes of at least 4 members (excludes halogenated alkanes) is 1. The van der Waals surface area contributed by atoms with Crippen LogP contribution >= 0.6 is 23.2 Å². The summed E-state index contributed by atoms with van der Waals surface area (Å²) in [5.74, 6) is 0.192. The molecule has 2 aromatic rings. The van der Waals surface area contributed by atoms with Gasteiger partial charge in [-0.3, -0.25) is 9.59 Å². The van der Waals surface area contributed by atoms with Gasteiger partial charge in [-0.2, -0.15) is 0 Å². The maximum atomic E-state index is 13.3. The van der Waals surface area contributed by atoms with Crippen molar-refractivity contribution in [1.82, 2.24) is 10.2 Å². The van der Waals surface area contributed by atoms with E-state index in [0.29, 0.717) is 40.9 Å². The highest BCUT2D eigenvalue weighted by molar-refractivity contribution is 6.36. The van der Waals surface area contributed by atoms with Gasteiger partial charge in [-0.1, -0.05) is 80.7 Å². The van der Waals surface area contributed by atoms with Gasteiger partial charge in [0.1, 0.15) is 6.04 Å².